The van der Waals surface area contributed by atoms with Crippen LogP contribution in [0, 0.1) is 6.92 Å². The lowest BCUT2D eigenvalue weighted by atomic mass is 10.3. The molecule has 0 fully saturated rings. The van der Waals surface area contributed by atoms with E-state index in [1.54, 1.807) is 13.1 Å². The molecule has 3 aromatic rings. The van der Waals surface area contributed by atoms with Gasteiger partial charge in [0.2, 0.25) is 11.8 Å². The highest BCUT2D eigenvalue weighted by Gasteiger charge is 2.11. The van der Waals surface area contributed by atoms with Crippen LogP contribution in [0.15, 0.2) is 51.2 Å². The summed E-state index contributed by atoms with van der Waals surface area (Å²) in [6.45, 7) is 1.74. The van der Waals surface area contributed by atoms with Gasteiger partial charge in [-0.2, -0.15) is 4.98 Å². The van der Waals surface area contributed by atoms with E-state index >= 15 is 0 Å². The first-order chi connectivity index (χ1) is 12.1. The SMILES string of the molecule is Cc1nc(CSCC(=O)Nc2ccccc2Sc2nccn2C)no1. The summed E-state index contributed by atoms with van der Waals surface area (Å²) in [6, 6.07) is 7.68. The van der Waals surface area contributed by atoms with Crippen LogP contribution < -0.4 is 5.32 Å². The molecule has 9 heteroatoms. The van der Waals surface area contributed by atoms with Gasteiger partial charge in [-0.05, 0) is 23.9 Å². The van der Waals surface area contributed by atoms with E-state index in [-0.39, 0.29) is 5.91 Å². The fourth-order valence-electron chi connectivity index (χ4n) is 2.03. The third-order valence-corrected chi connectivity index (χ3v) is 5.25. The molecule has 0 aliphatic heterocycles. The zero-order valence-corrected chi connectivity index (χ0v) is 15.4. The second kappa shape index (κ2) is 8.21. The molecule has 1 aromatic carbocycles. The van der Waals surface area contributed by atoms with Crippen molar-refractivity contribution in [3.8, 4) is 0 Å². The molecule has 1 N–H and O–H groups in total. The number of nitrogens with one attached hydrogen (secondary N) is 1. The van der Waals surface area contributed by atoms with Crippen molar-refractivity contribution in [2.24, 2.45) is 7.05 Å². The maximum absolute atomic E-state index is 12.2. The zero-order chi connectivity index (χ0) is 17.6. The van der Waals surface area contributed by atoms with Crippen molar-refractivity contribution in [2.75, 3.05) is 11.1 Å². The average molecular weight is 375 g/mol. The number of hydrogen-bond donors (Lipinski definition) is 1. The Balaban J connectivity index is 1.56. The number of thioether (sulfide) groups is 1. The Morgan fingerprint density at radius 3 is 2.92 bits per heavy atom. The van der Waals surface area contributed by atoms with Crippen LogP contribution in [-0.4, -0.2) is 31.4 Å². The maximum Gasteiger partial charge on any atom is 0.234 e. The van der Waals surface area contributed by atoms with Crippen LogP contribution >= 0.6 is 23.5 Å². The predicted molar refractivity (Wildman–Crippen MR) is 97.6 cm³/mol. The Morgan fingerprint density at radius 1 is 1.36 bits per heavy atom. The molecule has 2 heterocycles. The summed E-state index contributed by atoms with van der Waals surface area (Å²) in [5, 5.41) is 7.63. The summed E-state index contributed by atoms with van der Waals surface area (Å²) in [4.78, 5) is 21.6. The summed E-state index contributed by atoms with van der Waals surface area (Å²) >= 11 is 2.95. The van der Waals surface area contributed by atoms with Gasteiger partial charge in [0.25, 0.3) is 0 Å². The van der Waals surface area contributed by atoms with Crippen molar-refractivity contribution in [3.05, 3.63) is 48.4 Å². The van der Waals surface area contributed by atoms with E-state index in [4.69, 9.17) is 4.52 Å². The minimum Gasteiger partial charge on any atom is -0.340 e. The van der Waals surface area contributed by atoms with Gasteiger partial charge in [0.15, 0.2) is 11.0 Å². The molecule has 130 valence electrons. The normalized spacial score (nSPS) is 10.8. The van der Waals surface area contributed by atoms with Crippen molar-refractivity contribution >= 4 is 35.1 Å². The van der Waals surface area contributed by atoms with Crippen molar-refractivity contribution in [1.29, 1.82) is 0 Å². The number of aromatic nitrogens is 4. The minimum absolute atomic E-state index is 0.0712. The molecule has 3 rings (SSSR count). The van der Waals surface area contributed by atoms with Crippen LogP contribution in [0.2, 0.25) is 0 Å². The summed E-state index contributed by atoms with van der Waals surface area (Å²) < 4.78 is 6.84. The van der Waals surface area contributed by atoms with Crippen LogP contribution in [0.25, 0.3) is 0 Å². The van der Waals surface area contributed by atoms with Crippen molar-refractivity contribution in [1.82, 2.24) is 19.7 Å². The molecule has 0 saturated heterocycles. The van der Waals surface area contributed by atoms with Crippen LogP contribution in [0.3, 0.4) is 0 Å². The third kappa shape index (κ3) is 4.86. The Kier molecular flexibility index (Phi) is 5.77. The van der Waals surface area contributed by atoms with Gasteiger partial charge in [-0.15, -0.1) is 11.8 Å². The second-order valence-electron chi connectivity index (χ2n) is 5.19. The Labute approximate surface area is 153 Å². The number of hydrogen-bond acceptors (Lipinski definition) is 7. The summed E-state index contributed by atoms with van der Waals surface area (Å²) in [6.07, 6.45) is 3.64. The molecule has 0 aliphatic rings. The monoisotopic (exact) mass is 375 g/mol. The molecule has 0 spiro atoms. The molecule has 0 atom stereocenters. The molecule has 25 heavy (non-hydrogen) atoms. The number of aryl methyl sites for hydroxylation is 2. The predicted octanol–water partition coefficient (Wildman–Crippen LogP) is 3.13. The molecular weight excluding hydrogens is 358 g/mol. The highest BCUT2D eigenvalue weighted by atomic mass is 32.2. The van der Waals surface area contributed by atoms with Gasteiger partial charge in [-0.1, -0.05) is 17.3 Å². The topological polar surface area (TPSA) is 85.8 Å². The molecule has 2 aromatic heterocycles. The lowest BCUT2D eigenvalue weighted by Crippen LogP contribution is -2.14. The summed E-state index contributed by atoms with van der Waals surface area (Å²) in [5.41, 5.74) is 0.775. The molecule has 0 saturated carbocycles. The number of rotatable bonds is 7. The van der Waals surface area contributed by atoms with Crippen molar-refractivity contribution < 1.29 is 9.32 Å². The summed E-state index contributed by atoms with van der Waals surface area (Å²) in [5.74, 6) is 1.91. The molecule has 0 unspecified atom stereocenters. The van der Waals surface area contributed by atoms with Crippen molar-refractivity contribution in [3.63, 3.8) is 0 Å². The van der Waals surface area contributed by atoms with Crippen molar-refractivity contribution in [2.45, 2.75) is 22.7 Å². The Morgan fingerprint density at radius 2 is 2.20 bits per heavy atom. The Bertz CT molecular complexity index is 862. The first kappa shape index (κ1) is 17.6. The van der Waals surface area contributed by atoms with E-state index in [1.807, 2.05) is 42.1 Å². The van der Waals surface area contributed by atoms with Gasteiger partial charge >= 0.3 is 0 Å². The van der Waals surface area contributed by atoms with E-state index < -0.39 is 0 Å². The lowest BCUT2D eigenvalue weighted by molar-refractivity contribution is -0.113. The number of anilines is 1. The van der Waals surface area contributed by atoms with Gasteiger partial charge in [-0.3, -0.25) is 4.79 Å². The first-order valence-corrected chi connectivity index (χ1v) is 9.50. The molecule has 0 aliphatic carbocycles. The number of benzene rings is 1. The molecule has 7 nitrogen and oxygen atoms in total. The highest BCUT2D eigenvalue weighted by Crippen LogP contribution is 2.32. The largest absolute Gasteiger partial charge is 0.340 e. The fraction of sp³-hybridized carbons (Fsp3) is 0.250. The first-order valence-electron chi connectivity index (χ1n) is 7.53. The Hall–Kier alpha value is -2.26. The molecule has 1 amide bonds. The zero-order valence-electron chi connectivity index (χ0n) is 13.8. The minimum atomic E-state index is -0.0712. The van der Waals surface area contributed by atoms with Gasteiger partial charge < -0.3 is 14.4 Å². The molecule has 0 radical (unpaired) electrons. The van der Waals surface area contributed by atoms with Crippen LogP contribution in [0.4, 0.5) is 5.69 Å². The standard InChI is InChI=1S/C16H17N5O2S2/c1-11-18-14(20-23-11)9-24-10-15(22)19-12-5-3-4-6-13(12)25-16-17-7-8-21(16)2/h3-8H,9-10H2,1-2H3,(H,19,22). The van der Waals surface area contributed by atoms with E-state index in [1.165, 1.54) is 23.5 Å². The fourth-order valence-corrected chi connectivity index (χ4v) is 3.58. The smallest absolute Gasteiger partial charge is 0.234 e. The average Bonchev–Trinajstić information content (AvgIpc) is 3.18. The van der Waals surface area contributed by atoms with E-state index in [0.717, 1.165) is 15.7 Å². The number of imidazole rings is 1. The van der Waals surface area contributed by atoms with Gasteiger partial charge in [0.1, 0.15) is 0 Å². The third-order valence-electron chi connectivity index (χ3n) is 3.17. The van der Waals surface area contributed by atoms with Gasteiger partial charge in [0, 0.05) is 31.3 Å². The van der Waals surface area contributed by atoms with E-state index in [0.29, 0.717) is 23.2 Å². The number of nitrogens with zero attached hydrogens (tertiary/aromatic N) is 4. The number of para-hydroxylation sites is 1. The highest BCUT2D eigenvalue weighted by molar-refractivity contribution is 7.99. The lowest BCUT2D eigenvalue weighted by Gasteiger charge is -2.10. The van der Waals surface area contributed by atoms with Crippen LogP contribution in [-0.2, 0) is 17.6 Å². The number of carbonyl (C=O) groups excluding carboxylic acids is 1. The van der Waals surface area contributed by atoms with Crippen LogP contribution in [0.1, 0.15) is 11.7 Å². The number of carbonyl (C=O) groups is 1. The van der Waals surface area contributed by atoms with E-state index in [9.17, 15) is 4.79 Å². The number of amides is 1. The molecule has 0 bridgehead atoms. The quantitative estimate of drug-likeness (QED) is 0.679. The van der Waals surface area contributed by atoms with E-state index in [2.05, 4.69) is 20.4 Å². The molecular formula is C16H17N5O2S2. The second-order valence-corrected chi connectivity index (χ2v) is 7.18. The van der Waals surface area contributed by atoms with Crippen LogP contribution in [0.5, 0.6) is 0 Å². The van der Waals surface area contributed by atoms with Gasteiger partial charge in [-0.25, -0.2) is 4.98 Å². The maximum atomic E-state index is 12.2. The van der Waals surface area contributed by atoms with Gasteiger partial charge in [0.05, 0.1) is 17.2 Å². The summed E-state index contributed by atoms with van der Waals surface area (Å²) in [7, 11) is 1.94.